The van der Waals surface area contributed by atoms with Crippen LogP contribution >= 0.6 is 0 Å². The molecule has 1 aliphatic carbocycles. The van der Waals surface area contributed by atoms with E-state index in [1.807, 2.05) is 0 Å². The molecule has 0 unspecified atom stereocenters. The van der Waals surface area contributed by atoms with Crippen LogP contribution in [-0.2, 0) is 22.4 Å². The van der Waals surface area contributed by atoms with Crippen molar-refractivity contribution in [1.29, 1.82) is 0 Å². The Balaban J connectivity index is 0.00000121. The monoisotopic (exact) mass is 511 g/mol. The lowest BCUT2D eigenvalue weighted by atomic mass is 9.82. The highest BCUT2D eigenvalue weighted by atomic mass is 19.1. The minimum Gasteiger partial charge on any atom is -0.511 e. The fourth-order valence-corrected chi connectivity index (χ4v) is 4.57. The second-order valence-electron chi connectivity index (χ2n) is 8.82. The molecule has 196 valence electrons. The molecule has 37 heavy (non-hydrogen) atoms. The van der Waals surface area contributed by atoms with Crippen LogP contribution in [0.2, 0.25) is 0 Å². The van der Waals surface area contributed by atoms with Crippen LogP contribution in [0.1, 0.15) is 39.9 Å². The normalized spacial score (nSPS) is 17.9. The predicted molar refractivity (Wildman–Crippen MR) is 137 cm³/mol. The van der Waals surface area contributed by atoms with Gasteiger partial charge in [0.2, 0.25) is 0 Å². The molecular formula is C27H30FN3O6. The molecule has 0 saturated carbocycles. The van der Waals surface area contributed by atoms with E-state index in [4.69, 9.17) is 20.0 Å². The van der Waals surface area contributed by atoms with E-state index in [2.05, 4.69) is 10.6 Å². The first-order valence-corrected chi connectivity index (χ1v) is 11.9. The van der Waals surface area contributed by atoms with Crippen molar-refractivity contribution in [2.24, 2.45) is 10.9 Å². The van der Waals surface area contributed by atoms with E-state index in [-0.39, 0.29) is 42.0 Å². The molecule has 0 atom stereocenters. The lowest BCUT2D eigenvalue weighted by Gasteiger charge is -2.25. The van der Waals surface area contributed by atoms with Crippen molar-refractivity contribution >= 4 is 29.6 Å². The summed E-state index contributed by atoms with van der Waals surface area (Å²) in [6.07, 6.45) is 1.99. The first-order chi connectivity index (χ1) is 17.8. The van der Waals surface area contributed by atoms with Crippen LogP contribution < -0.4 is 10.6 Å². The number of carbonyl (C=O) groups is 3. The molecule has 2 aromatic carbocycles. The van der Waals surface area contributed by atoms with Gasteiger partial charge < -0.3 is 26.0 Å². The van der Waals surface area contributed by atoms with Crippen LogP contribution in [0.5, 0.6) is 0 Å². The molecule has 5 N–H and O–H groups in total. The van der Waals surface area contributed by atoms with Gasteiger partial charge in [-0.1, -0.05) is 12.1 Å². The Labute approximate surface area is 213 Å². The maximum atomic E-state index is 14.5. The number of carboxylic acids is 1. The van der Waals surface area contributed by atoms with Crippen molar-refractivity contribution in [1.82, 2.24) is 5.32 Å². The molecule has 1 fully saturated rings. The average Bonchev–Trinajstić information content (AvgIpc) is 2.88. The van der Waals surface area contributed by atoms with E-state index in [0.29, 0.717) is 40.6 Å². The summed E-state index contributed by atoms with van der Waals surface area (Å²) in [5.74, 6) is -1.58. The second kappa shape index (κ2) is 12.8. The summed E-state index contributed by atoms with van der Waals surface area (Å²) in [4.78, 5) is 37.5. The third-order valence-corrected chi connectivity index (χ3v) is 6.42. The number of aliphatic hydroxyl groups excluding tert-OH is 1. The second-order valence-corrected chi connectivity index (χ2v) is 8.82. The summed E-state index contributed by atoms with van der Waals surface area (Å²) in [5.41, 5.74) is 2.93. The highest BCUT2D eigenvalue weighted by Crippen LogP contribution is 2.32. The fourth-order valence-electron chi connectivity index (χ4n) is 4.57. The van der Waals surface area contributed by atoms with Crippen LogP contribution in [0.4, 0.5) is 10.1 Å². The zero-order valence-electron chi connectivity index (χ0n) is 20.5. The first kappa shape index (κ1) is 27.5. The van der Waals surface area contributed by atoms with Crippen LogP contribution in [0, 0.1) is 11.7 Å². The van der Waals surface area contributed by atoms with Gasteiger partial charge in [0, 0.05) is 37.7 Å². The topological polar surface area (TPSA) is 148 Å². The molecule has 0 amide bonds. The van der Waals surface area contributed by atoms with Crippen molar-refractivity contribution in [2.75, 3.05) is 32.0 Å². The van der Waals surface area contributed by atoms with Gasteiger partial charge in [0.1, 0.15) is 11.6 Å². The van der Waals surface area contributed by atoms with Crippen molar-refractivity contribution < 1.29 is 34.1 Å². The number of hydrogen-bond donors (Lipinski definition) is 5. The summed E-state index contributed by atoms with van der Waals surface area (Å²) in [6, 6.07) is 8.84. The minimum atomic E-state index is -1.04. The highest BCUT2D eigenvalue weighted by molar-refractivity contribution is 6.32. The molecule has 9 nitrogen and oxygen atoms in total. The number of carboxylic acid groups (broad SMARTS) is 2. The maximum absolute atomic E-state index is 14.5. The molecule has 10 heteroatoms. The van der Waals surface area contributed by atoms with Crippen LogP contribution in [-0.4, -0.2) is 65.9 Å². The smallest absolute Gasteiger partial charge is 0.335 e. The zero-order valence-corrected chi connectivity index (χ0v) is 20.5. The van der Waals surface area contributed by atoms with E-state index in [0.717, 1.165) is 25.9 Å². The van der Waals surface area contributed by atoms with Crippen LogP contribution in [0.15, 0.2) is 52.7 Å². The lowest BCUT2D eigenvalue weighted by molar-refractivity contribution is -0.123. The number of rotatable bonds is 6. The first-order valence-electron chi connectivity index (χ1n) is 11.9. The molecule has 0 radical (unpaired) electrons. The molecule has 2 aromatic rings. The molecule has 1 aliphatic heterocycles. The molecule has 1 saturated heterocycles. The number of anilines is 1. The van der Waals surface area contributed by atoms with Gasteiger partial charge in [0.15, 0.2) is 5.78 Å². The van der Waals surface area contributed by atoms with Crippen molar-refractivity contribution in [3.63, 3.8) is 0 Å². The number of benzene rings is 2. The summed E-state index contributed by atoms with van der Waals surface area (Å²) in [7, 11) is 1.68. The number of allylic oxidation sites excluding steroid dienone is 2. The van der Waals surface area contributed by atoms with Gasteiger partial charge in [-0.25, -0.2) is 9.18 Å². The van der Waals surface area contributed by atoms with Gasteiger partial charge in [0.25, 0.3) is 6.47 Å². The standard InChI is InChI=1S/C26H28FN3O4.CH2O2/c1-28-21-12-18(27)11-20-19(21)13-23(32)24(25(20)30-14-16-6-8-29-9-7-16)22(31)10-15-2-4-17(5-3-15)26(33)34;2-1-3/h2-5,11-12,16,28-29,31H,6-10,13-14H2,1H3,(H,33,34);1H,(H,2,3). The Bertz CT molecular complexity index is 1220. The zero-order chi connectivity index (χ0) is 26.9. The number of aliphatic hydroxyl groups is 1. The molecule has 0 spiro atoms. The van der Waals surface area contributed by atoms with Crippen molar-refractivity contribution in [3.8, 4) is 0 Å². The Morgan fingerprint density at radius 1 is 1.19 bits per heavy atom. The maximum Gasteiger partial charge on any atom is 0.335 e. The van der Waals surface area contributed by atoms with Gasteiger partial charge in [0.05, 0.1) is 16.8 Å². The van der Waals surface area contributed by atoms with E-state index in [1.54, 1.807) is 19.2 Å². The number of fused-ring (bicyclic) bond motifs is 1. The van der Waals surface area contributed by atoms with E-state index < -0.39 is 11.8 Å². The van der Waals surface area contributed by atoms with Crippen molar-refractivity contribution in [2.45, 2.75) is 25.7 Å². The number of carbonyl (C=O) groups excluding carboxylic acids is 1. The molecular weight excluding hydrogens is 481 g/mol. The number of ketones is 1. The van der Waals surface area contributed by atoms with E-state index in [1.165, 1.54) is 24.3 Å². The Kier molecular flexibility index (Phi) is 9.51. The van der Waals surface area contributed by atoms with Crippen LogP contribution in [0.25, 0.3) is 0 Å². The molecule has 0 bridgehead atoms. The largest absolute Gasteiger partial charge is 0.511 e. The number of nitrogens with one attached hydrogen (secondary N) is 2. The number of Topliss-reactive ketones (excluding diaryl/α,β-unsaturated/α-hetero) is 1. The molecule has 0 aromatic heterocycles. The molecule has 2 aliphatic rings. The van der Waals surface area contributed by atoms with Gasteiger partial charge in [-0.05, 0) is 67.2 Å². The third kappa shape index (κ3) is 6.79. The van der Waals surface area contributed by atoms with Gasteiger partial charge in [-0.2, -0.15) is 0 Å². The summed E-state index contributed by atoms with van der Waals surface area (Å²) in [5, 5.41) is 33.3. The average molecular weight is 512 g/mol. The van der Waals surface area contributed by atoms with Crippen LogP contribution in [0.3, 0.4) is 0 Å². The molecule has 1 heterocycles. The summed E-state index contributed by atoms with van der Waals surface area (Å²) >= 11 is 0. The fraction of sp³-hybridized carbons (Fsp3) is 0.333. The Hall–Kier alpha value is -4.05. The van der Waals surface area contributed by atoms with Gasteiger partial charge >= 0.3 is 5.97 Å². The number of halogens is 1. The number of piperidine rings is 1. The number of nitrogens with zero attached hydrogens (tertiary/aromatic N) is 1. The summed E-state index contributed by atoms with van der Waals surface area (Å²) < 4.78 is 14.5. The van der Waals surface area contributed by atoms with Gasteiger partial charge in [-0.3, -0.25) is 14.6 Å². The third-order valence-electron chi connectivity index (χ3n) is 6.42. The van der Waals surface area contributed by atoms with E-state index >= 15 is 0 Å². The Morgan fingerprint density at radius 2 is 1.84 bits per heavy atom. The predicted octanol–water partition coefficient (Wildman–Crippen LogP) is 3.24. The van der Waals surface area contributed by atoms with E-state index in [9.17, 15) is 19.1 Å². The van der Waals surface area contributed by atoms with Crippen molar-refractivity contribution in [3.05, 3.63) is 75.8 Å². The minimum absolute atomic E-state index is 0.0233. The SMILES string of the molecule is CNc1cc(F)cc2c1CC(=O)C(=C(O)Cc1ccc(C(=O)O)cc1)C2=NCC1CCNCC1.O=CO. The number of aliphatic imine (C=N–C) groups is 1. The number of aromatic carboxylic acids is 1. The summed E-state index contributed by atoms with van der Waals surface area (Å²) in [6.45, 7) is 2.05. The highest BCUT2D eigenvalue weighted by Gasteiger charge is 2.32. The Morgan fingerprint density at radius 3 is 2.43 bits per heavy atom. The number of hydrogen-bond acceptors (Lipinski definition) is 7. The lowest BCUT2D eigenvalue weighted by Crippen LogP contribution is -2.31. The quantitative estimate of drug-likeness (QED) is 0.226. The van der Waals surface area contributed by atoms with Gasteiger partial charge in [-0.15, -0.1) is 0 Å². The molecule has 4 rings (SSSR count).